The number of nitrogens with one attached hydrogen (secondary N) is 1. The van der Waals surface area contributed by atoms with E-state index in [1.54, 1.807) is 18.2 Å². The molecule has 0 unspecified atom stereocenters. The van der Waals surface area contributed by atoms with Gasteiger partial charge in [-0.15, -0.1) is 0 Å². The first kappa shape index (κ1) is 18.9. The second-order valence-electron chi connectivity index (χ2n) is 6.55. The first-order valence-electron chi connectivity index (χ1n) is 8.52. The summed E-state index contributed by atoms with van der Waals surface area (Å²) in [6.45, 7) is 2.78. The molecule has 3 aromatic heterocycles. The minimum atomic E-state index is 0.323. The molecule has 1 aliphatic heterocycles. The molecule has 0 atom stereocenters. The molecule has 0 spiro atoms. The molecule has 4 heterocycles. The van der Waals surface area contributed by atoms with E-state index in [2.05, 4.69) is 15.6 Å². The second-order valence-corrected chi connectivity index (χ2v) is 7.67. The molecule has 4 rings (SSSR count). The number of nitrogens with zero attached hydrogens (tertiary/aromatic N) is 2. The van der Waals surface area contributed by atoms with Gasteiger partial charge >= 0.3 is 0 Å². The van der Waals surface area contributed by atoms with Gasteiger partial charge in [-0.05, 0) is 77.1 Å². The molecule has 0 aliphatic carbocycles. The predicted octanol–water partition coefficient (Wildman–Crippen LogP) is 5.02. The van der Waals surface area contributed by atoms with Gasteiger partial charge in [0, 0.05) is 19.5 Å². The summed E-state index contributed by atoms with van der Waals surface area (Å²) < 4.78 is 16.5. The molecular formula is C18H18Cl3N3O3. The Kier molecular flexibility index (Phi) is 5.82. The zero-order valence-electron chi connectivity index (χ0n) is 14.3. The van der Waals surface area contributed by atoms with Crippen molar-refractivity contribution < 1.29 is 13.3 Å². The monoisotopic (exact) mass is 429 g/mol. The Bertz CT molecular complexity index is 770. The smallest absolute Gasteiger partial charge is 0.193 e. The molecule has 0 amide bonds. The predicted molar refractivity (Wildman–Crippen MR) is 102 cm³/mol. The van der Waals surface area contributed by atoms with E-state index < -0.39 is 0 Å². The van der Waals surface area contributed by atoms with E-state index in [1.165, 1.54) is 0 Å². The number of rotatable bonds is 6. The van der Waals surface area contributed by atoms with E-state index in [9.17, 15) is 0 Å². The van der Waals surface area contributed by atoms with Gasteiger partial charge < -0.3 is 13.3 Å². The van der Waals surface area contributed by atoms with Gasteiger partial charge in [0.2, 0.25) is 0 Å². The Balaban J connectivity index is 1.46. The molecule has 9 heteroatoms. The summed E-state index contributed by atoms with van der Waals surface area (Å²) in [6, 6.07) is 10.9. The lowest BCUT2D eigenvalue weighted by Crippen LogP contribution is -2.58. The fourth-order valence-corrected chi connectivity index (χ4v) is 3.77. The topological polar surface area (TPSA) is 57.9 Å². The third-order valence-electron chi connectivity index (χ3n) is 4.31. The van der Waals surface area contributed by atoms with Crippen molar-refractivity contribution in [3.05, 3.63) is 69.3 Å². The van der Waals surface area contributed by atoms with Gasteiger partial charge in [-0.2, -0.15) is 5.53 Å². The van der Waals surface area contributed by atoms with E-state index in [1.807, 2.05) is 18.2 Å². The number of hydrogen-bond acceptors (Lipinski definition) is 6. The Labute approximate surface area is 171 Å². The summed E-state index contributed by atoms with van der Waals surface area (Å²) >= 11 is 17.7. The van der Waals surface area contributed by atoms with Crippen LogP contribution in [0.25, 0.3) is 0 Å². The molecule has 0 saturated carbocycles. The first-order chi connectivity index (χ1) is 13.0. The van der Waals surface area contributed by atoms with E-state index in [0.717, 1.165) is 36.8 Å². The van der Waals surface area contributed by atoms with Crippen LogP contribution in [-0.2, 0) is 19.5 Å². The van der Waals surface area contributed by atoms with Crippen molar-refractivity contribution in [1.29, 1.82) is 0 Å². The molecule has 0 aromatic carbocycles. The van der Waals surface area contributed by atoms with Crippen molar-refractivity contribution in [1.82, 2.24) is 15.6 Å². The van der Waals surface area contributed by atoms with Crippen molar-refractivity contribution in [2.24, 2.45) is 5.92 Å². The minimum absolute atomic E-state index is 0.323. The van der Waals surface area contributed by atoms with E-state index >= 15 is 0 Å². The quantitative estimate of drug-likeness (QED) is 0.592. The average Bonchev–Trinajstić information content (AvgIpc) is 3.31. The van der Waals surface area contributed by atoms with Crippen LogP contribution in [0.4, 0.5) is 0 Å². The molecule has 0 radical (unpaired) electrons. The van der Waals surface area contributed by atoms with Gasteiger partial charge in [-0.3, -0.25) is 0 Å². The summed E-state index contributed by atoms with van der Waals surface area (Å²) in [7, 11) is 0. The van der Waals surface area contributed by atoms with Crippen LogP contribution in [-0.4, -0.2) is 23.1 Å². The summed E-state index contributed by atoms with van der Waals surface area (Å²) in [5, 5.41) is 5.33. The summed E-state index contributed by atoms with van der Waals surface area (Å²) in [6.07, 6.45) is 0.777. The van der Waals surface area contributed by atoms with Crippen LogP contribution in [0, 0.1) is 5.92 Å². The van der Waals surface area contributed by atoms with Crippen LogP contribution >= 0.6 is 34.8 Å². The molecular weight excluding hydrogens is 413 g/mol. The molecule has 3 aromatic rings. The molecule has 27 heavy (non-hydrogen) atoms. The second kappa shape index (κ2) is 8.31. The summed E-state index contributed by atoms with van der Waals surface area (Å²) in [5.41, 5.74) is 3.39. The molecule has 6 nitrogen and oxygen atoms in total. The highest BCUT2D eigenvalue weighted by atomic mass is 35.5. The molecule has 1 N–H and O–H groups in total. The number of furan rings is 3. The van der Waals surface area contributed by atoms with Crippen molar-refractivity contribution >= 4 is 34.8 Å². The zero-order chi connectivity index (χ0) is 18.8. The van der Waals surface area contributed by atoms with Crippen LogP contribution in [0.3, 0.4) is 0 Å². The molecule has 1 saturated heterocycles. The number of halogens is 3. The normalized spacial score (nSPS) is 17.0. The minimum Gasteiger partial charge on any atom is -0.450 e. The van der Waals surface area contributed by atoms with Crippen LogP contribution in [0.5, 0.6) is 0 Å². The Morgan fingerprint density at radius 2 is 1.19 bits per heavy atom. The van der Waals surface area contributed by atoms with Gasteiger partial charge in [0.1, 0.15) is 17.3 Å². The highest BCUT2D eigenvalue weighted by Crippen LogP contribution is 2.23. The first-order valence-corrected chi connectivity index (χ1v) is 9.66. The number of hydrogen-bond donors (Lipinski definition) is 1. The lowest BCUT2D eigenvalue weighted by molar-refractivity contribution is -0.0603. The maximum Gasteiger partial charge on any atom is 0.193 e. The lowest BCUT2D eigenvalue weighted by Gasteiger charge is -2.40. The van der Waals surface area contributed by atoms with Gasteiger partial charge in [0.15, 0.2) is 15.7 Å². The van der Waals surface area contributed by atoms with Gasteiger partial charge in [0.05, 0.1) is 13.1 Å². The zero-order valence-corrected chi connectivity index (χ0v) is 16.6. The van der Waals surface area contributed by atoms with Crippen molar-refractivity contribution in [2.45, 2.75) is 19.5 Å². The van der Waals surface area contributed by atoms with Gasteiger partial charge in [0.25, 0.3) is 0 Å². The maximum atomic E-state index is 5.91. The Hall–Kier alpha value is -1.41. The van der Waals surface area contributed by atoms with Crippen LogP contribution < -0.4 is 5.53 Å². The Morgan fingerprint density at radius 1 is 0.741 bits per heavy atom. The third-order valence-corrected chi connectivity index (χ3v) is 4.92. The van der Waals surface area contributed by atoms with Gasteiger partial charge in [-0.1, -0.05) is 0 Å². The maximum absolute atomic E-state index is 5.91. The van der Waals surface area contributed by atoms with Crippen molar-refractivity contribution in [3.8, 4) is 0 Å². The fraction of sp³-hybridized carbons (Fsp3) is 0.333. The van der Waals surface area contributed by atoms with Crippen LogP contribution in [0.15, 0.2) is 49.6 Å². The molecule has 0 bridgehead atoms. The molecule has 144 valence electrons. The van der Waals surface area contributed by atoms with E-state index in [-0.39, 0.29) is 0 Å². The highest BCUT2D eigenvalue weighted by Gasteiger charge is 2.27. The summed E-state index contributed by atoms with van der Waals surface area (Å²) in [5.74, 6) is 2.77. The third kappa shape index (κ3) is 5.10. The van der Waals surface area contributed by atoms with Crippen molar-refractivity contribution in [3.63, 3.8) is 0 Å². The van der Waals surface area contributed by atoms with Crippen LogP contribution in [0.1, 0.15) is 17.3 Å². The summed E-state index contributed by atoms with van der Waals surface area (Å²) in [4.78, 5) is 0. The van der Waals surface area contributed by atoms with E-state index in [0.29, 0.717) is 34.7 Å². The number of hydrazine groups is 2. The Morgan fingerprint density at radius 3 is 1.59 bits per heavy atom. The molecule has 1 aliphatic rings. The highest BCUT2D eigenvalue weighted by molar-refractivity contribution is 6.29. The van der Waals surface area contributed by atoms with Crippen LogP contribution in [0.2, 0.25) is 15.7 Å². The lowest BCUT2D eigenvalue weighted by atomic mass is 10.0. The SMILES string of the molecule is Clc1ccc(CC2CN(Cc3ccc(Cl)o3)NN(Cc3ccc(Cl)o3)C2)o1. The van der Waals surface area contributed by atoms with Gasteiger partial charge in [-0.25, -0.2) is 10.0 Å². The average molecular weight is 431 g/mol. The standard InChI is InChI=1S/C18H18Cl3N3O3/c19-16-4-1-13(25-16)7-12-8-23(10-14-2-5-17(20)26-14)22-24(9-12)11-15-3-6-18(21)27-15/h1-6,12,22H,7-11H2. The van der Waals surface area contributed by atoms with E-state index in [4.69, 9.17) is 48.1 Å². The molecule has 1 fully saturated rings. The largest absolute Gasteiger partial charge is 0.450 e. The fourth-order valence-electron chi connectivity index (χ4n) is 3.29. The van der Waals surface area contributed by atoms with Crippen molar-refractivity contribution in [2.75, 3.05) is 13.1 Å².